The molecule has 1 N–H and O–H groups in total. The molecule has 1 aliphatic carbocycles. The van der Waals surface area contributed by atoms with Crippen molar-refractivity contribution >= 4 is 11.8 Å². The summed E-state index contributed by atoms with van der Waals surface area (Å²) in [6, 6.07) is 0.195. The van der Waals surface area contributed by atoms with Crippen LogP contribution in [-0.4, -0.2) is 60.4 Å². The summed E-state index contributed by atoms with van der Waals surface area (Å²) in [5, 5.41) is 2.96. The topological polar surface area (TPSA) is 52.7 Å². The summed E-state index contributed by atoms with van der Waals surface area (Å²) in [6.45, 7) is 8.47. The average molecular weight is 378 g/mol. The van der Waals surface area contributed by atoms with Gasteiger partial charge in [-0.1, -0.05) is 32.1 Å². The summed E-state index contributed by atoms with van der Waals surface area (Å²) in [6.07, 6.45) is 11.7. The van der Waals surface area contributed by atoms with Crippen LogP contribution in [0, 0.1) is 11.3 Å². The number of amides is 2. The van der Waals surface area contributed by atoms with Gasteiger partial charge in [0.05, 0.1) is 5.41 Å². The van der Waals surface area contributed by atoms with Gasteiger partial charge >= 0.3 is 0 Å². The van der Waals surface area contributed by atoms with Crippen LogP contribution in [0.25, 0.3) is 0 Å². The molecule has 1 spiro atoms. The second-order valence-electron chi connectivity index (χ2n) is 9.47. The molecule has 3 aliphatic rings. The van der Waals surface area contributed by atoms with Gasteiger partial charge in [0.2, 0.25) is 11.8 Å². The van der Waals surface area contributed by atoms with Crippen LogP contribution in [0.4, 0.5) is 0 Å². The molecule has 0 radical (unpaired) electrons. The highest BCUT2D eigenvalue weighted by Gasteiger charge is 2.48. The zero-order valence-electron chi connectivity index (χ0n) is 17.5. The molecule has 0 bridgehead atoms. The fourth-order valence-electron chi connectivity index (χ4n) is 5.36. The van der Waals surface area contributed by atoms with E-state index >= 15 is 0 Å². The average Bonchev–Trinajstić information content (AvgIpc) is 3.06. The fraction of sp³-hybridized carbons (Fsp3) is 0.909. The quantitative estimate of drug-likeness (QED) is 0.741. The Hall–Kier alpha value is -1.10. The minimum absolute atomic E-state index is 0.120. The second-order valence-corrected chi connectivity index (χ2v) is 9.47. The van der Waals surface area contributed by atoms with E-state index in [2.05, 4.69) is 15.1 Å². The first-order valence-electron chi connectivity index (χ1n) is 11.3. The summed E-state index contributed by atoms with van der Waals surface area (Å²) >= 11 is 0. The molecule has 2 heterocycles. The highest BCUT2D eigenvalue weighted by Crippen LogP contribution is 2.40. The highest BCUT2D eigenvalue weighted by atomic mass is 16.2. The molecule has 3 fully saturated rings. The maximum absolute atomic E-state index is 13.3. The third-order valence-corrected chi connectivity index (χ3v) is 6.89. The summed E-state index contributed by atoms with van der Waals surface area (Å²) in [4.78, 5) is 29.7. The van der Waals surface area contributed by atoms with Crippen molar-refractivity contribution in [1.82, 2.24) is 15.1 Å². The monoisotopic (exact) mass is 377 g/mol. The first kappa shape index (κ1) is 20.6. The third-order valence-electron chi connectivity index (χ3n) is 6.89. The Morgan fingerprint density at radius 3 is 2.63 bits per heavy atom. The number of rotatable bonds is 7. The van der Waals surface area contributed by atoms with Gasteiger partial charge in [-0.05, 0) is 52.0 Å². The lowest BCUT2D eigenvalue weighted by molar-refractivity contribution is -0.145. The fourth-order valence-corrected chi connectivity index (χ4v) is 5.36. The third kappa shape index (κ3) is 5.46. The molecular weight excluding hydrogens is 338 g/mol. The van der Waals surface area contributed by atoms with E-state index in [1.807, 2.05) is 13.8 Å². The second kappa shape index (κ2) is 9.40. The summed E-state index contributed by atoms with van der Waals surface area (Å²) in [5.41, 5.74) is -0.167. The van der Waals surface area contributed by atoms with Crippen LogP contribution in [0.5, 0.6) is 0 Å². The van der Waals surface area contributed by atoms with Crippen molar-refractivity contribution in [3.8, 4) is 0 Å². The van der Waals surface area contributed by atoms with Crippen LogP contribution in [0.3, 0.4) is 0 Å². The molecule has 2 amide bonds. The first-order chi connectivity index (χ1) is 13.0. The minimum atomic E-state index is -0.167. The van der Waals surface area contributed by atoms with Crippen LogP contribution in [0.2, 0.25) is 0 Å². The molecule has 3 rings (SSSR count). The van der Waals surface area contributed by atoms with Gasteiger partial charge in [0.1, 0.15) is 0 Å². The van der Waals surface area contributed by atoms with E-state index < -0.39 is 0 Å². The Kier molecular flexibility index (Phi) is 7.18. The van der Waals surface area contributed by atoms with Gasteiger partial charge in [0.15, 0.2) is 0 Å². The number of carbonyl (C=O) groups excluding carboxylic acids is 2. The van der Waals surface area contributed by atoms with Crippen molar-refractivity contribution < 1.29 is 9.59 Å². The number of piperidine rings is 1. The van der Waals surface area contributed by atoms with E-state index in [0.717, 1.165) is 57.9 Å². The maximum Gasteiger partial charge on any atom is 0.230 e. The Labute approximate surface area is 165 Å². The molecule has 1 saturated carbocycles. The van der Waals surface area contributed by atoms with Crippen molar-refractivity contribution in [2.45, 2.75) is 84.1 Å². The Morgan fingerprint density at radius 1 is 1.11 bits per heavy atom. The van der Waals surface area contributed by atoms with Gasteiger partial charge in [0, 0.05) is 38.6 Å². The van der Waals surface area contributed by atoms with E-state index in [0.29, 0.717) is 12.3 Å². The predicted octanol–water partition coefficient (Wildman–Crippen LogP) is 3.19. The smallest absolute Gasteiger partial charge is 0.230 e. The van der Waals surface area contributed by atoms with Crippen LogP contribution in [0.1, 0.15) is 78.1 Å². The van der Waals surface area contributed by atoms with Gasteiger partial charge in [-0.15, -0.1) is 0 Å². The molecule has 0 aromatic carbocycles. The van der Waals surface area contributed by atoms with Crippen molar-refractivity contribution in [2.24, 2.45) is 11.3 Å². The lowest BCUT2D eigenvalue weighted by atomic mass is 9.78. The molecular formula is C22H39N3O2. The minimum Gasteiger partial charge on any atom is -0.354 e. The number of likely N-dealkylation sites (tertiary alicyclic amines) is 2. The summed E-state index contributed by atoms with van der Waals surface area (Å²) < 4.78 is 0. The Morgan fingerprint density at radius 2 is 1.89 bits per heavy atom. The molecule has 154 valence electrons. The molecule has 0 aromatic rings. The van der Waals surface area contributed by atoms with E-state index in [9.17, 15) is 9.59 Å². The van der Waals surface area contributed by atoms with E-state index in [1.165, 1.54) is 38.5 Å². The number of hydrogen-bond acceptors (Lipinski definition) is 3. The number of carbonyl (C=O) groups is 2. The van der Waals surface area contributed by atoms with Crippen LogP contribution < -0.4 is 5.32 Å². The van der Waals surface area contributed by atoms with Gasteiger partial charge in [-0.2, -0.15) is 0 Å². The number of hydrogen-bond donors (Lipinski definition) is 1. The molecule has 1 atom stereocenters. The molecule has 27 heavy (non-hydrogen) atoms. The van der Waals surface area contributed by atoms with Crippen molar-refractivity contribution in [1.29, 1.82) is 0 Å². The summed E-state index contributed by atoms with van der Waals surface area (Å²) in [7, 11) is 0. The van der Waals surface area contributed by atoms with Crippen LogP contribution in [-0.2, 0) is 9.59 Å². The van der Waals surface area contributed by atoms with Crippen LogP contribution in [0.15, 0.2) is 0 Å². The van der Waals surface area contributed by atoms with Gasteiger partial charge < -0.3 is 15.1 Å². The van der Waals surface area contributed by atoms with Gasteiger partial charge in [0.25, 0.3) is 0 Å². The molecule has 2 aliphatic heterocycles. The molecule has 2 saturated heterocycles. The summed E-state index contributed by atoms with van der Waals surface area (Å²) in [5.74, 6) is 1.36. The largest absolute Gasteiger partial charge is 0.354 e. The molecule has 5 heteroatoms. The number of nitrogens with one attached hydrogen (secondary N) is 1. The lowest BCUT2D eigenvalue weighted by Crippen LogP contribution is -2.50. The van der Waals surface area contributed by atoms with Gasteiger partial charge in [-0.3, -0.25) is 9.59 Å². The van der Waals surface area contributed by atoms with E-state index in [4.69, 9.17) is 0 Å². The Bertz CT molecular complexity index is 516. The van der Waals surface area contributed by atoms with Crippen molar-refractivity contribution in [3.63, 3.8) is 0 Å². The van der Waals surface area contributed by atoms with Gasteiger partial charge in [-0.25, -0.2) is 0 Å². The zero-order valence-corrected chi connectivity index (χ0v) is 17.5. The normalized spacial score (nSPS) is 27.7. The SMILES string of the molecule is CC(C)NC(=O)CCN1CC[C@]2(CCCN(CCC3CCCCC3)C2=O)C1. The standard InChI is InChI=1S/C22H39N3O2/c1-18(2)23-20(26)10-14-24-16-12-22(17-24)11-6-13-25(21(22)27)15-9-19-7-4-3-5-8-19/h18-19H,3-17H2,1-2H3,(H,23,26)/t22-/m1/s1. The van der Waals surface area contributed by atoms with Crippen molar-refractivity contribution in [2.75, 3.05) is 32.7 Å². The molecule has 5 nitrogen and oxygen atoms in total. The zero-order chi connectivity index (χ0) is 19.3. The highest BCUT2D eigenvalue weighted by molar-refractivity contribution is 5.84. The molecule has 0 aromatic heterocycles. The first-order valence-corrected chi connectivity index (χ1v) is 11.3. The maximum atomic E-state index is 13.3. The Balaban J connectivity index is 1.47. The van der Waals surface area contributed by atoms with E-state index in [-0.39, 0.29) is 17.4 Å². The van der Waals surface area contributed by atoms with E-state index in [1.54, 1.807) is 0 Å². The predicted molar refractivity (Wildman–Crippen MR) is 108 cm³/mol. The molecule has 0 unspecified atom stereocenters. The number of nitrogens with zero attached hydrogens (tertiary/aromatic N) is 2. The van der Waals surface area contributed by atoms with Crippen molar-refractivity contribution in [3.05, 3.63) is 0 Å². The van der Waals surface area contributed by atoms with Crippen LogP contribution >= 0.6 is 0 Å². The lowest BCUT2D eigenvalue weighted by Gasteiger charge is -2.40.